The van der Waals surface area contributed by atoms with E-state index < -0.39 is 5.97 Å². The first-order valence-electron chi connectivity index (χ1n) is 11.6. The third-order valence-corrected chi connectivity index (χ3v) is 5.82. The molecule has 2 aromatic rings. The van der Waals surface area contributed by atoms with Gasteiger partial charge in [0.05, 0.1) is 6.61 Å². The van der Waals surface area contributed by atoms with Gasteiger partial charge in [-0.05, 0) is 50.7 Å². The average Bonchev–Trinajstić information content (AvgIpc) is 3.10. The minimum absolute atomic E-state index is 0.0765. The van der Waals surface area contributed by atoms with Crippen LogP contribution < -0.4 is 0 Å². The molecule has 0 saturated carbocycles. The molecule has 0 unspecified atom stereocenters. The second-order valence-corrected chi connectivity index (χ2v) is 8.25. The number of H-pyrrole nitrogens is 1. The number of benzene rings is 1. The number of aliphatic hydroxyl groups excluding tert-OH is 1. The van der Waals surface area contributed by atoms with Crippen LogP contribution in [0.5, 0.6) is 0 Å². The molecule has 0 amide bonds. The van der Waals surface area contributed by atoms with Gasteiger partial charge in [0.25, 0.3) is 0 Å². The molecule has 31 heavy (non-hydrogen) atoms. The number of para-hydroxylation sites is 1. The van der Waals surface area contributed by atoms with Crippen LogP contribution in [0.3, 0.4) is 0 Å². The van der Waals surface area contributed by atoms with Gasteiger partial charge in [-0.2, -0.15) is 0 Å². The standard InChI is InChI=1S/C26H38N2O3/c1-5-19(3)12-8-7-9-14-25-22(21-13-10-11-15-24(21)28-25)16-17-27-18-23(20(4)29)26(30)31-6-2/h10-11,13,15,18-19,28-29H,5-9,12,14,16-17H2,1-4H3/b23-20-,27-18?/t19-/m0/s1. The molecule has 0 bridgehead atoms. The number of rotatable bonds is 13. The monoisotopic (exact) mass is 426 g/mol. The summed E-state index contributed by atoms with van der Waals surface area (Å²) in [6, 6.07) is 8.39. The van der Waals surface area contributed by atoms with Crippen LogP contribution >= 0.6 is 0 Å². The van der Waals surface area contributed by atoms with Gasteiger partial charge < -0.3 is 14.8 Å². The number of aliphatic hydroxyl groups is 1. The number of aryl methyl sites for hydroxylation is 1. The number of nitrogens with one attached hydrogen (secondary N) is 1. The van der Waals surface area contributed by atoms with Crippen LogP contribution in [0.1, 0.15) is 71.1 Å². The molecule has 0 aliphatic rings. The molecule has 2 rings (SSSR count). The van der Waals surface area contributed by atoms with E-state index in [0.717, 1.165) is 24.3 Å². The van der Waals surface area contributed by atoms with Gasteiger partial charge in [0, 0.05) is 29.4 Å². The number of nitrogens with zero attached hydrogens (tertiary/aromatic N) is 1. The highest BCUT2D eigenvalue weighted by molar-refractivity contribution is 6.09. The number of allylic oxidation sites excluding steroid dienone is 1. The maximum Gasteiger partial charge on any atom is 0.343 e. The van der Waals surface area contributed by atoms with Crippen LogP contribution in [0.4, 0.5) is 0 Å². The Kier molecular flexibility index (Phi) is 10.3. The quantitative estimate of drug-likeness (QED) is 0.129. The third-order valence-electron chi connectivity index (χ3n) is 5.82. The van der Waals surface area contributed by atoms with E-state index in [9.17, 15) is 9.90 Å². The SMILES string of the molecule is CCOC(=O)/C(C=NCCc1c(CCCCC[C@@H](C)CC)[nH]c2ccccc12)=C(/C)O. The third kappa shape index (κ3) is 7.57. The first kappa shape index (κ1) is 24.7. The van der Waals surface area contributed by atoms with Crippen molar-refractivity contribution in [3.63, 3.8) is 0 Å². The topological polar surface area (TPSA) is 74.7 Å². The molecule has 0 spiro atoms. The van der Waals surface area contributed by atoms with E-state index in [1.165, 1.54) is 61.9 Å². The summed E-state index contributed by atoms with van der Waals surface area (Å²) >= 11 is 0. The molecule has 0 fully saturated rings. The Morgan fingerprint density at radius 1 is 1.19 bits per heavy atom. The van der Waals surface area contributed by atoms with Crippen molar-refractivity contribution in [3.8, 4) is 0 Å². The minimum Gasteiger partial charge on any atom is -0.512 e. The Labute approximate surface area is 186 Å². The molecule has 5 nitrogen and oxygen atoms in total. The van der Waals surface area contributed by atoms with Gasteiger partial charge >= 0.3 is 5.97 Å². The van der Waals surface area contributed by atoms with Crippen molar-refractivity contribution in [1.29, 1.82) is 0 Å². The van der Waals surface area contributed by atoms with Crippen molar-refractivity contribution < 1.29 is 14.6 Å². The Morgan fingerprint density at radius 3 is 2.68 bits per heavy atom. The first-order chi connectivity index (χ1) is 15.0. The Balaban J connectivity index is 2.02. The first-order valence-corrected chi connectivity index (χ1v) is 11.6. The van der Waals surface area contributed by atoms with E-state index in [1.54, 1.807) is 6.92 Å². The molecular formula is C26H38N2O3. The molecule has 1 aromatic heterocycles. The normalized spacial score (nSPS) is 13.5. The second kappa shape index (κ2) is 13.0. The number of ether oxygens (including phenoxy) is 1. The van der Waals surface area contributed by atoms with Crippen molar-refractivity contribution >= 4 is 23.1 Å². The molecule has 1 atom stereocenters. The summed E-state index contributed by atoms with van der Waals surface area (Å²) in [5, 5.41) is 11.0. The molecule has 2 N–H and O–H groups in total. The Bertz CT molecular complexity index is 891. The van der Waals surface area contributed by atoms with E-state index in [2.05, 4.69) is 48.1 Å². The predicted octanol–water partition coefficient (Wildman–Crippen LogP) is 6.33. The Hall–Kier alpha value is -2.56. The lowest BCUT2D eigenvalue weighted by Gasteiger charge is -2.08. The maximum absolute atomic E-state index is 11.9. The zero-order valence-corrected chi connectivity index (χ0v) is 19.5. The molecule has 0 aliphatic heterocycles. The van der Waals surface area contributed by atoms with E-state index in [0.29, 0.717) is 6.54 Å². The fourth-order valence-corrected chi connectivity index (χ4v) is 3.77. The molecule has 0 aliphatic carbocycles. The number of fused-ring (bicyclic) bond motifs is 1. The van der Waals surface area contributed by atoms with Gasteiger partial charge in [0.1, 0.15) is 11.3 Å². The number of hydrogen-bond acceptors (Lipinski definition) is 4. The van der Waals surface area contributed by atoms with Crippen molar-refractivity contribution in [1.82, 2.24) is 4.98 Å². The predicted molar refractivity (Wildman–Crippen MR) is 129 cm³/mol. The number of carbonyl (C=O) groups excluding carboxylic acids is 1. The van der Waals surface area contributed by atoms with Gasteiger partial charge in [-0.1, -0.05) is 57.7 Å². The van der Waals surface area contributed by atoms with E-state index in [-0.39, 0.29) is 17.9 Å². The number of aromatic amines is 1. The number of esters is 1. The zero-order chi connectivity index (χ0) is 22.6. The number of unbranched alkanes of at least 4 members (excludes halogenated alkanes) is 2. The van der Waals surface area contributed by atoms with Crippen molar-refractivity contribution in [3.05, 3.63) is 46.9 Å². The highest BCUT2D eigenvalue weighted by Crippen LogP contribution is 2.25. The average molecular weight is 427 g/mol. The summed E-state index contributed by atoms with van der Waals surface area (Å²) in [7, 11) is 0. The number of carbonyl (C=O) groups is 1. The van der Waals surface area contributed by atoms with Crippen LogP contribution in [-0.2, 0) is 22.4 Å². The molecule has 1 aromatic carbocycles. The molecular weight excluding hydrogens is 388 g/mol. The smallest absolute Gasteiger partial charge is 0.343 e. The van der Waals surface area contributed by atoms with Crippen molar-refractivity contribution in [2.45, 2.75) is 72.6 Å². The number of aliphatic imine (C=N–C) groups is 1. The highest BCUT2D eigenvalue weighted by Gasteiger charge is 2.13. The number of hydrogen-bond donors (Lipinski definition) is 2. The lowest BCUT2D eigenvalue weighted by molar-refractivity contribution is -0.138. The van der Waals surface area contributed by atoms with Crippen LogP contribution in [0.15, 0.2) is 40.6 Å². The van der Waals surface area contributed by atoms with E-state index >= 15 is 0 Å². The summed E-state index contributed by atoms with van der Waals surface area (Å²) in [6.07, 6.45) is 9.54. The molecule has 0 saturated heterocycles. The summed E-state index contributed by atoms with van der Waals surface area (Å²) < 4.78 is 4.98. The minimum atomic E-state index is -0.545. The lowest BCUT2D eigenvalue weighted by Crippen LogP contribution is -2.11. The lowest BCUT2D eigenvalue weighted by atomic mass is 9.99. The van der Waals surface area contributed by atoms with Gasteiger partial charge in [-0.25, -0.2) is 4.79 Å². The fraction of sp³-hybridized carbons (Fsp3) is 0.538. The Morgan fingerprint density at radius 2 is 1.97 bits per heavy atom. The molecule has 170 valence electrons. The van der Waals surface area contributed by atoms with E-state index in [1.807, 2.05) is 0 Å². The maximum atomic E-state index is 11.9. The second-order valence-electron chi connectivity index (χ2n) is 8.25. The summed E-state index contributed by atoms with van der Waals surface area (Å²) in [6.45, 7) is 8.60. The summed E-state index contributed by atoms with van der Waals surface area (Å²) in [5.74, 6) is 0.196. The van der Waals surface area contributed by atoms with E-state index in [4.69, 9.17) is 4.74 Å². The summed E-state index contributed by atoms with van der Waals surface area (Å²) in [4.78, 5) is 19.9. The van der Waals surface area contributed by atoms with Gasteiger partial charge in [0.2, 0.25) is 0 Å². The van der Waals surface area contributed by atoms with Gasteiger partial charge in [0.15, 0.2) is 0 Å². The summed E-state index contributed by atoms with van der Waals surface area (Å²) in [5.41, 5.74) is 3.87. The van der Waals surface area contributed by atoms with Crippen LogP contribution in [0.2, 0.25) is 0 Å². The van der Waals surface area contributed by atoms with Gasteiger partial charge in [-0.15, -0.1) is 0 Å². The molecule has 5 heteroatoms. The van der Waals surface area contributed by atoms with Crippen LogP contribution in [0.25, 0.3) is 10.9 Å². The highest BCUT2D eigenvalue weighted by atomic mass is 16.5. The van der Waals surface area contributed by atoms with Crippen LogP contribution in [-0.4, -0.2) is 35.4 Å². The van der Waals surface area contributed by atoms with Crippen molar-refractivity contribution in [2.75, 3.05) is 13.2 Å². The van der Waals surface area contributed by atoms with Gasteiger partial charge in [-0.3, -0.25) is 4.99 Å². The van der Waals surface area contributed by atoms with Crippen LogP contribution in [0, 0.1) is 5.92 Å². The molecule has 0 radical (unpaired) electrons. The molecule has 1 heterocycles. The zero-order valence-electron chi connectivity index (χ0n) is 19.5. The number of aromatic nitrogens is 1. The fourth-order valence-electron chi connectivity index (χ4n) is 3.77. The van der Waals surface area contributed by atoms with Crippen molar-refractivity contribution in [2.24, 2.45) is 10.9 Å². The largest absolute Gasteiger partial charge is 0.512 e.